The number of anilines is 1. The third-order valence-electron chi connectivity index (χ3n) is 17.0. The molecule has 7 heterocycles. The lowest BCUT2D eigenvalue weighted by Gasteiger charge is -2.50. The second-order valence-corrected chi connectivity index (χ2v) is 21.3. The Morgan fingerprint density at radius 1 is 1.03 bits per heavy atom. The molecule has 11 atom stereocenters. The molecule has 16 nitrogen and oxygen atoms in total. The summed E-state index contributed by atoms with van der Waals surface area (Å²) in [6, 6.07) is 10.3. The van der Waals surface area contributed by atoms with Gasteiger partial charge in [-0.15, -0.1) is 0 Å². The summed E-state index contributed by atoms with van der Waals surface area (Å²) in [7, 11) is 0. The van der Waals surface area contributed by atoms with Crippen molar-refractivity contribution < 1.29 is 59.5 Å². The van der Waals surface area contributed by atoms with E-state index in [1.54, 1.807) is 13.0 Å². The fourth-order valence-corrected chi connectivity index (χ4v) is 13.4. The molecular weight excluding hydrogens is 911 g/mol. The first kappa shape index (κ1) is 47.7. The molecular formula is C55H63N3O13. The zero-order valence-electron chi connectivity index (χ0n) is 40.1. The summed E-state index contributed by atoms with van der Waals surface area (Å²) in [5, 5.41) is 81.0. The maximum atomic E-state index is 14.2. The normalized spacial score (nSPS) is 29.8. The smallest absolute Gasteiger partial charge is 0.226 e. The van der Waals surface area contributed by atoms with Crippen LogP contribution in [0, 0.1) is 30.1 Å². The third kappa shape index (κ3) is 8.06. The molecule has 71 heavy (non-hydrogen) atoms. The quantitative estimate of drug-likeness (QED) is 0.0519. The highest BCUT2D eigenvalue weighted by molar-refractivity contribution is 6.02. The molecule has 2 fully saturated rings. The van der Waals surface area contributed by atoms with E-state index in [2.05, 4.69) is 35.4 Å². The van der Waals surface area contributed by atoms with Crippen LogP contribution in [-0.4, -0.2) is 109 Å². The number of benzene rings is 3. The van der Waals surface area contributed by atoms with Crippen LogP contribution in [0.25, 0.3) is 21.7 Å². The van der Waals surface area contributed by atoms with Crippen LogP contribution in [0.4, 0.5) is 5.69 Å². The summed E-state index contributed by atoms with van der Waals surface area (Å²) in [6.07, 6.45) is 9.22. The number of nitrogens with zero attached hydrogens (tertiary/aromatic N) is 2. The number of aromatic hydroxyl groups is 2. The number of phenolic OH excluding ortho intramolecular Hbond substituents is 2. The highest BCUT2D eigenvalue weighted by Gasteiger charge is 2.58. The van der Waals surface area contributed by atoms with Crippen LogP contribution in [0.3, 0.4) is 0 Å². The number of aryl methyl sites for hydroxylation is 1. The molecule has 12 rings (SSSR count). The number of phenols is 2. The van der Waals surface area contributed by atoms with Crippen LogP contribution >= 0.6 is 0 Å². The minimum atomic E-state index is -2.42. The topological polar surface area (TPSA) is 244 Å². The number of nitrogens with one attached hydrogen (secondary N) is 1. The average Bonchev–Trinajstić information content (AvgIpc) is 4.00. The van der Waals surface area contributed by atoms with Crippen molar-refractivity contribution in [2.75, 3.05) is 24.7 Å². The number of ether oxygens (including phenoxy) is 1. The molecule has 3 aromatic carbocycles. The molecule has 1 amide bonds. The Morgan fingerprint density at radius 3 is 2.68 bits per heavy atom. The van der Waals surface area contributed by atoms with Gasteiger partial charge in [-0.05, 0) is 111 Å². The Balaban J connectivity index is 1.02. The zero-order valence-corrected chi connectivity index (χ0v) is 40.1. The molecule has 0 radical (unpaired) electrons. The number of fused-ring (bicyclic) bond motifs is 4. The molecule has 1 saturated carbocycles. The maximum absolute atomic E-state index is 14.2. The Bertz CT molecular complexity index is 2980. The largest absolute Gasteiger partial charge is 0.508 e. The predicted octanol–water partition coefficient (Wildman–Crippen LogP) is 5.60. The van der Waals surface area contributed by atoms with Crippen molar-refractivity contribution in [3.8, 4) is 17.2 Å². The summed E-state index contributed by atoms with van der Waals surface area (Å²) < 4.78 is 14.1. The fraction of sp³-hybridized carbons (Fsp3) is 0.509. The van der Waals surface area contributed by atoms with Crippen molar-refractivity contribution >= 4 is 39.0 Å². The number of carbonyl (C=O) groups is 1. The molecule has 8 N–H and O–H groups in total. The molecule has 9 bridgehead atoms. The van der Waals surface area contributed by atoms with Gasteiger partial charge in [0.15, 0.2) is 16.8 Å². The van der Waals surface area contributed by atoms with Gasteiger partial charge >= 0.3 is 0 Å². The van der Waals surface area contributed by atoms with E-state index >= 15 is 0 Å². The molecule has 16 heteroatoms. The van der Waals surface area contributed by atoms with E-state index in [4.69, 9.17) is 23.9 Å². The van der Waals surface area contributed by atoms with Crippen LogP contribution in [0.1, 0.15) is 88.0 Å². The highest BCUT2D eigenvalue weighted by Crippen LogP contribution is 2.57. The summed E-state index contributed by atoms with van der Waals surface area (Å²) in [6.45, 7) is 2.68. The maximum Gasteiger partial charge on any atom is 0.226 e. The van der Waals surface area contributed by atoms with Gasteiger partial charge in [-0.2, -0.15) is 0 Å². The molecule has 2 aliphatic carbocycles. The average molecular weight is 974 g/mol. The molecule has 1 saturated heterocycles. The Hall–Kier alpha value is -5.59. The van der Waals surface area contributed by atoms with Crippen molar-refractivity contribution in [3.05, 3.63) is 105 Å². The van der Waals surface area contributed by atoms with E-state index in [1.165, 1.54) is 36.4 Å². The van der Waals surface area contributed by atoms with Gasteiger partial charge in [0.1, 0.15) is 65.2 Å². The first-order valence-corrected chi connectivity index (χ1v) is 25.3. The molecule has 8 aliphatic rings. The first-order chi connectivity index (χ1) is 34.1. The second-order valence-electron chi connectivity index (χ2n) is 21.3. The molecule has 6 aliphatic heterocycles. The van der Waals surface area contributed by atoms with Gasteiger partial charge in [-0.1, -0.05) is 44.4 Å². The molecule has 4 aromatic rings. The monoisotopic (exact) mass is 973 g/mol. The SMILES string of the molecule is CCC1C2=CC3=NC2=CN1c1c2c(cc4c(=O)cc(C)oc14)C[C@@H](OOC[C@@](O)(Cc1ccc(O)c4ccc(O)cc14)[C@@H](O)[C@H](O)[C@H](O)CO)[C@]1(CC=C[C@@H](C1)[C@H]1CNC(=O)[C@@]14CCC[C@H](CCC3)C4)O2. The first-order valence-electron chi connectivity index (χ1n) is 25.3. The number of aliphatic hydroxyl groups is 5. The lowest BCUT2D eigenvalue weighted by atomic mass is 9.58. The lowest BCUT2D eigenvalue weighted by Crippen LogP contribution is -2.58. The van der Waals surface area contributed by atoms with Crippen molar-refractivity contribution in [2.45, 2.75) is 133 Å². The van der Waals surface area contributed by atoms with Crippen LogP contribution in [-0.2, 0) is 27.4 Å². The highest BCUT2D eigenvalue weighted by atomic mass is 17.2. The molecule has 1 unspecified atom stereocenters. The minimum absolute atomic E-state index is 0.0530. The number of allylic oxidation sites excluding steroid dienone is 2. The van der Waals surface area contributed by atoms with Crippen LogP contribution in [0.2, 0.25) is 0 Å². The minimum Gasteiger partial charge on any atom is -0.508 e. The van der Waals surface area contributed by atoms with Gasteiger partial charge in [-0.25, -0.2) is 9.78 Å². The van der Waals surface area contributed by atoms with E-state index < -0.39 is 60.7 Å². The third-order valence-corrected chi connectivity index (χ3v) is 17.0. The van der Waals surface area contributed by atoms with E-state index in [0.29, 0.717) is 75.4 Å². The van der Waals surface area contributed by atoms with Gasteiger partial charge in [0.05, 0.1) is 29.1 Å². The number of rotatable bonds is 11. The van der Waals surface area contributed by atoms with E-state index in [0.717, 1.165) is 68.3 Å². The molecule has 1 aromatic heterocycles. The zero-order chi connectivity index (χ0) is 49.6. The number of hydrogen-bond donors (Lipinski definition) is 8. The number of aliphatic imine (C=N–C) groups is 1. The van der Waals surface area contributed by atoms with Crippen LogP contribution in [0.5, 0.6) is 17.2 Å². The Morgan fingerprint density at radius 2 is 1.86 bits per heavy atom. The van der Waals surface area contributed by atoms with E-state index in [-0.39, 0.29) is 47.1 Å². The van der Waals surface area contributed by atoms with Crippen molar-refractivity contribution in [1.82, 2.24) is 5.32 Å². The lowest BCUT2D eigenvalue weighted by molar-refractivity contribution is -0.373. The fourth-order valence-electron chi connectivity index (χ4n) is 13.4. The van der Waals surface area contributed by atoms with Crippen molar-refractivity contribution in [1.29, 1.82) is 0 Å². The van der Waals surface area contributed by atoms with Crippen LogP contribution < -0.4 is 20.4 Å². The predicted molar refractivity (Wildman–Crippen MR) is 263 cm³/mol. The number of amides is 1. The standard InChI is InChI=1S/C55H63N3O13/c1-3-42-38-20-34-10-4-7-30-8-5-15-53(22-30)40(25-56-52(53)66)32-9-6-16-55(24-32)46(19-33-18-39-44(62)17-29(2)69-50(39)47(49(33)70-55)58(42)26-41(38)57-34)71-68-28-54(67,51(65)48(64)45(63)27-59)23-31-11-14-43(61)36-13-12-35(60)21-37(31)36/h6,9,11-14,17-18,20-21,26,30,32,40,42,45-46,48,51,59-61,63-65,67H,3-5,7-8,10,15-16,19,22-25,27-28H2,1-2H3,(H,56,66)/t30-,32-,40+,42?,45+,46+,48+,51-,53+,54-,55+/m0/s1. The second kappa shape index (κ2) is 18.2. The number of aliphatic hydroxyl groups excluding tert-OH is 4. The number of carbonyl (C=O) groups excluding carboxylic acids is 1. The summed E-state index contributed by atoms with van der Waals surface area (Å²) in [5.74, 6) is 1.04. The van der Waals surface area contributed by atoms with E-state index in [1.807, 2.05) is 6.20 Å². The van der Waals surface area contributed by atoms with E-state index in [9.17, 15) is 45.3 Å². The summed E-state index contributed by atoms with van der Waals surface area (Å²) in [4.78, 5) is 48.2. The number of hydrogen-bond acceptors (Lipinski definition) is 15. The van der Waals surface area contributed by atoms with Crippen molar-refractivity contribution in [2.24, 2.45) is 28.2 Å². The van der Waals surface area contributed by atoms with Gasteiger partial charge in [0.2, 0.25) is 5.91 Å². The van der Waals surface area contributed by atoms with Crippen LogP contribution in [0.15, 0.2) is 92.4 Å². The summed E-state index contributed by atoms with van der Waals surface area (Å²) >= 11 is 0. The Kier molecular flexibility index (Phi) is 12.2. The van der Waals surface area contributed by atoms with Gasteiger partial charge < -0.3 is 55.1 Å². The summed E-state index contributed by atoms with van der Waals surface area (Å²) in [5.41, 5.74) is 0.564. The van der Waals surface area contributed by atoms with Gasteiger partial charge in [0.25, 0.3) is 0 Å². The molecule has 376 valence electrons. The van der Waals surface area contributed by atoms with Gasteiger partial charge in [-0.3, -0.25) is 14.6 Å². The Labute approximate surface area is 410 Å². The molecule has 2 spiro atoms. The van der Waals surface area contributed by atoms with Gasteiger partial charge in [0, 0.05) is 60.3 Å². The van der Waals surface area contributed by atoms with Crippen molar-refractivity contribution in [3.63, 3.8) is 0 Å².